The normalized spacial score (nSPS) is 16.7. The van der Waals surface area contributed by atoms with Gasteiger partial charge in [0.2, 0.25) is 11.8 Å². The number of hydrogen-bond acceptors (Lipinski definition) is 7. The molecular formula is C16H15FN6O4. The Morgan fingerprint density at radius 1 is 1.41 bits per heavy atom. The number of amides is 1. The standard InChI is InChI=1S/C16H15FN6O4/c1-7-3-2-4-26-14-8(11(18)24)5-9(17)13(22-14)23-10-12(21-16(23)25)19-6-20-15(10)27-7/h5-7H,2-4H2,1H3,(H2,18,24)(H,19,20,21,25)/t7-/m0/s1. The van der Waals surface area contributed by atoms with Crippen molar-refractivity contribution in [2.75, 3.05) is 6.61 Å². The first kappa shape index (κ1) is 16.9. The van der Waals surface area contributed by atoms with Gasteiger partial charge >= 0.3 is 5.69 Å². The first-order valence-corrected chi connectivity index (χ1v) is 8.21. The molecule has 3 aromatic rings. The van der Waals surface area contributed by atoms with Gasteiger partial charge in [0.15, 0.2) is 22.8 Å². The number of carbonyl (C=O) groups excluding carboxylic acids is 1. The van der Waals surface area contributed by atoms with Gasteiger partial charge in [-0.25, -0.2) is 18.7 Å². The molecule has 4 rings (SSSR count). The Morgan fingerprint density at radius 2 is 2.22 bits per heavy atom. The summed E-state index contributed by atoms with van der Waals surface area (Å²) in [5.74, 6) is -2.22. The van der Waals surface area contributed by atoms with Crippen LogP contribution in [0.3, 0.4) is 0 Å². The molecular weight excluding hydrogens is 359 g/mol. The minimum Gasteiger partial charge on any atom is -0.477 e. The average molecular weight is 374 g/mol. The summed E-state index contributed by atoms with van der Waals surface area (Å²) in [4.78, 5) is 38.7. The number of halogens is 1. The number of nitrogens with two attached hydrogens (primary N) is 1. The molecule has 0 saturated heterocycles. The third-order valence-corrected chi connectivity index (χ3v) is 4.15. The number of nitrogens with one attached hydrogen (secondary N) is 1. The fraction of sp³-hybridized carbons (Fsp3) is 0.312. The van der Waals surface area contributed by atoms with E-state index >= 15 is 0 Å². The summed E-state index contributed by atoms with van der Waals surface area (Å²) in [5, 5.41) is 0. The van der Waals surface area contributed by atoms with Crippen LogP contribution in [0.15, 0.2) is 17.2 Å². The number of fused-ring (bicyclic) bond motifs is 3. The summed E-state index contributed by atoms with van der Waals surface area (Å²) in [5.41, 5.74) is 4.70. The summed E-state index contributed by atoms with van der Waals surface area (Å²) in [6.07, 6.45) is 2.18. The SMILES string of the molecule is C[C@H]1CCCOc2nc(c(F)cc2C(N)=O)-n2c(=O)[nH]c3ncnc(c32)O1. The van der Waals surface area contributed by atoms with Crippen LogP contribution in [0.4, 0.5) is 4.39 Å². The molecule has 1 aliphatic rings. The zero-order valence-electron chi connectivity index (χ0n) is 14.2. The van der Waals surface area contributed by atoms with E-state index in [4.69, 9.17) is 15.2 Å². The van der Waals surface area contributed by atoms with Gasteiger partial charge in [0.05, 0.1) is 12.7 Å². The predicted molar refractivity (Wildman–Crippen MR) is 90.6 cm³/mol. The number of nitrogens with zero attached hydrogens (tertiary/aromatic N) is 4. The first-order chi connectivity index (χ1) is 13.0. The number of carbonyl (C=O) groups is 1. The fourth-order valence-electron chi connectivity index (χ4n) is 2.90. The molecule has 11 heteroatoms. The molecule has 3 aromatic heterocycles. The van der Waals surface area contributed by atoms with Gasteiger partial charge in [-0.05, 0) is 25.8 Å². The highest BCUT2D eigenvalue weighted by molar-refractivity contribution is 5.95. The lowest BCUT2D eigenvalue weighted by Gasteiger charge is -2.17. The Bertz CT molecular complexity index is 1110. The molecule has 27 heavy (non-hydrogen) atoms. The highest BCUT2D eigenvalue weighted by Gasteiger charge is 2.24. The third-order valence-electron chi connectivity index (χ3n) is 4.15. The molecule has 0 radical (unpaired) electrons. The Morgan fingerprint density at radius 3 is 3.00 bits per heavy atom. The molecule has 1 aliphatic heterocycles. The second kappa shape index (κ2) is 6.34. The first-order valence-electron chi connectivity index (χ1n) is 8.21. The number of ether oxygens (including phenoxy) is 2. The second-order valence-electron chi connectivity index (χ2n) is 6.07. The van der Waals surface area contributed by atoms with Crippen LogP contribution in [0.5, 0.6) is 11.8 Å². The van der Waals surface area contributed by atoms with Gasteiger partial charge in [-0.2, -0.15) is 9.97 Å². The molecule has 0 spiro atoms. The highest BCUT2D eigenvalue weighted by Crippen LogP contribution is 2.27. The molecule has 0 unspecified atom stereocenters. The summed E-state index contributed by atoms with van der Waals surface area (Å²) in [7, 11) is 0. The van der Waals surface area contributed by atoms with Gasteiger partial charge < -0.3 is 15.2 Å². The van der Waals surface area contributed by atoms with E-state index in [9.17, 15) is 14.0 Å². The fourth-order valence-corrected chi connectivity index (χ4v) is 2.90. The van der Waals surface area contributed by atoms with E-state index in [1.165, 1.54) is 6.33 Å². The van der Waals surface area contributed by atoms with Crippen molar-refractivity contribution >= 4 is 17.1 Å². The average Bonchev–Trinajstić information content (AvgIpc) is 2.95. The molecule has 3 N–H and O–H groups in total. The molecule has 10 nitrogen and oxygen atoms in total. The number of aromatic nitrogens is 5. The van der Waals surface area contributed by atoms with E-state index in [1.807, 2.05) is 6.92 Å². The molecule has 0 saturated carbocycles. The van der Waals surface area contributed by atoms with E-state index < -0.39 is 17.4 Å². The zero-order valence-corrected chi connectivity index (χ0v) is 14.2. The molecule has 4 heterocycles. The van der Waals surface area contributed by atoms with Crippen molar-refractivity contribution < 1.29 is 18.7 Å². The van der Waals surface area contributed by atoms with Crippen LogP contribution in [0.1, 0.15) is 30.1 Å². The summed E-state index contributed by atoms with van der Waals surface area (Å²) >= 11 is 0. The third kappa shape index (κ3) is 2.86. The summed E-state index contributed by atoms with van der Waals surface area (Å²) < 4.78 is 27.0. The van der Waals surface area contributed by atoms with Crippen molar-refractivity contribution in [2.24, 2.45) is 5.73 Å². The Hall–Kier alpha value is -3.50. The number of H-pyrrole nitrogens is 1. The van der Waals surface area contributed by atoms with E-state index in [-0.39, 0.29) is 47.0 Å². The van der Waals surface area contributed by atoms with Crippen LogP contribution < -0.4 is 20.9 Å². The minimum atomic E-state index is -0.931. The van der Waals surface area contributed by atoms with E-state index in [0.717, 1.165) is 10.6 Å². The van der Waals surface area contributed by atoms with Gasteiger partial charge in [0, 0.05) is 0 Å². The van der Waals surface area contributed by atoms with Crippen LogP contribution in [-0.2, 0) is 0 Å². The van der Waals surface area contributed by atoms with Crippen molar-refractivity contribution in [1.29, 1.82) is 0 Å². The zero-order chi connectivity index (χ0) is 19.1. The lowest BCUT2D eigenvalue weighted by atomic mass is 10.2. The molecule has 1 amide bonds. The maximum absolute atomic E-state index is 14.7. The van der Waals surface area contributed by atoms with Gasteiger partial charge in [0.25, 0.3) is 5.91 Å². The quantitative estimate of drug-likeness (QED) is 0.639. The Kier molecular flexibility index (Phi) is 3.98. The van der Waals surface area contributed by atoms with E-state index in [2.05, 4.69) is 19.9 Å². The number of pyridine rings is 1. The van der Waals surface area contributed by atoms with Crippen LogP contribution in [0, 0.1) is 5.82 Å². The molecule has 2 bridgehead atoms. The second-order valence-corrected chi connectivity index (χ2v) is 6.07. The number of rotatable bonds is 1. The van der Waals surface area contributed by atoms with Crippen LogP contribution >= 0.6 is 0 Å². The van der Waals surface area contributed by atoms with Gasteiger partial charge in [-0.15, -0.1) is 0 Å². The summed E-state index contributed by atoms with van der Waals surface area (Å²) in [6.45, 7) is 2.04. The monoisotopic (exact) mass is 374 g/mol. The number of aromatic amines is 1. The molecule has 0 fully saturated rings. The van der Waals surface area contributed by atoms with E-state index in [0.29, 0.717) is 12.8 Å². The number of primary amides is 1. The minimum absolute atomic E-state index is 0.120. The lowest BCUT2D eigenvalue weighted by molar-refractivity contribution is 0.0994. The molecule has 0 aliphatic carbocycles. The van der Waals surface area contributed by atoms with Crippen LogP contribution in [-0.4, -0.2) is 43.1 Å². The maximum atomic E-state index is 14.7. The largest absolute Gasteiger partial charge is 0.477 e. The lowest BCUT2D eigenvalue weighted by Crippen LogP contribution is -2.22. The van der Waals surface area contributed by atoms with Crippen LogP contribution in [0.25, 0.3) is 17.0 Å². The Labute approximate surface area is 151 Å². The topological polar surface area (TPSA) is 138 Å². The van der Waals surface area contributed by atoms with Gasteiger partial charge in [0.1, 0.15) is 11.9 Å². The van der Waals surface area contributed by atoms with Crippen LogP contribution in [0.2, 0.25) is 0 Å². The number of hydrogen-bond donors (Lipinski definition) is 2. The highest BCUT2D eigenvalue weighted by atomic mass is 19.1. The molecule has 0 aromatic carbocycles. The molecule has 140 valence electrons. The van der Waals surface area contributed by atoms with Crippen molar-refractivity contribution in [2.45, 2.75) is 25.9 Å². The summed E-state index contributed by atoms with van der Waals surface area (Å²) in [6, 6.07) is 0.893. The Balaban J connectivity index is 2.06. The maximum Gasteiger partial charge on any atom is 0.333 e. The van der Waals surface area contributed by atoms with Gasteiger partial charge in [-0.3, -0.25) is 9.78 Å². The van der Waals surface area contributed by atoms with Gasteiger partial charge in [-0.1, -0.05) is 0 Å². The number of imidazole rings is 1. The van der Waals surface area contributed by atoms with E-state index in [1.54, 1.807) is 0 Å². The predicted octanol–water partition coefficient (Wildman–Crippen LogP) is 0.682. The molecule has 1 atom stereocenters. The van der Waals surface area contributed by atoms with Crippen molar-refractivity contribution in [3.05, 3.63) is 34.3 Å². The van der Waals surface area contributed by atoms with Crippen molar-refractivity contribution in [3.8, 4) is 17.6 Å². The van der Waals surface area contributed by atoms with Crippen molar-refractivity contribution in [1.82, 2.24) is 24.5 Å². The smallest absolute Gasteiger partial charge is 0.333 e. The van der Waals surface area contributed by atoms with Crippen molar-refractivity contribution in [3.63, 3.8) is 0 Å².